The summed E-state index contributed by atoms with van der Waals surface area (Å²) in [4.78, 5) is 12.1. The van der Waals surface area contributed by atoms with E-state index < -0.39 is 0 Å². The Balaban J connectivity index is 1.93. The predicted octanol–water partition coefficient (Wildman–Crippen LogP) is 3.73. The fourth-order valence-corrected chi connectivity index (χ4v) is 3.44. The molecule has 2 aromatic rings. The molecule has 4 nitrogen and oxygen atoms in total. The largest absolute Gasteiger partial charge is 0.347 e. The molecule has 5 heteroatoms. The van der Waals surface area contributed by atoms with Crippen LogP contribution in [0.25, 0.3) is 0 Å². The molecule has 0 aromatic carbocycles. The van der Waals surface area contributed by atoms with E-state index in [1.807, 2.05) is 17.8 Å². The molecule has 0 bridgehead atoms. The van der Waals surface area contributed by atoms with Crippen LogP contribution in [0.5, 0.6) is 0 Å². The number of hydrogen-bond acceptors (Lipinski definition) is 2. The Bertz CT molecular complexity index is 684. The summed E-state index contributed by atoms with van der Waals surface area (Å²) in [5, 5.41) is 4.53. The molecule has 0 radical (unpaired) electrons. The van der Waals surface area contributed by atoms with E-state index in [2.05, 4.69) is 38.7 Å². The molecule has 1 aliphatic carbocycles. The van der Waals surface area contributed by atoms with Crippen LogP contribution in [-0.4, -0.2) is 20.1 Å². The molecule has 0 saturated carbocycles. The second kappa shape index (κ2) is 5.79. The minimum atomic E-state index is 0.292. The van der Waals surface area contributed by atoms with Gasteiger partial charge in [-0.2, -0.15) is 5.10 Å². The highest BCUT2D eigenvalue weighted by molar-refractivity contribution is 9.10. The smallest absolute Gasteiger partial charge is 0.164 e. The highest BCUT2D eigenvalue weighted by Gasteiger charge is 2.19. The molecule has 2 aromatic heterocycles. The van der Waals surface area contributed by atoms with Gasteiger partial charge in [0, 0.05) is 30.9 Å². The van der Waals surface area contributed by atoms with Gasteiger partial charge in [-0.15, -0.1) is 0 Å². The van der Waals surface area contributed by atoms with Gasteiger partial charge in [0.15, 0.2) is 5.78 Å². The summed E-state index contributed by atoms with van der Waals surface area (Å²) < 4.78 is 5.22. The number of halogens is 1. The number of rotatable bonds is 3. The Morgan fingerprint density at radius 3 is 2.81 bits per heavy atom. The van der Waals surface area contributed by atoms with Crippen LogP contribution in [0, 0.1) is 6.92 Å². The monoisotopic (exact) mass is 349 g/mol. The first kappa shape index (κ1) is 14.6. The van der Waals surface area contributed by atoms with Crippen molar-refractivity contribution in [3.8, 4) is 0 Å². The Morgan fingerprint density at radius 2 is 2.05 bits per heavy atom. The second-order valence-electron chi connectivity index (χ2n) is 5.66. The van der Waals surface area contributed by atoms with Gasteiger partial charge in [-0.3, -0.25) is 9.48 Å². The summed E-state index contributed by atoms with van der Waals surface area (Å²) in [5.74, 6) is 0.292. The SMILES string of the molecule is CCn1nc(C)c(Br)c1Cn1cc2c(c1)C(=O)CCCC2. The molecule has 0 fully saturated rings. The van der Waals surface area contributed by atoms with Crippen molar-refractivity contribution in [1.82, 2.24) is 14.3 Å². The van der Waals surface area contributed by atoms with Crippen molar-refractivity contribution in [2.45, 2.75) is 52.6 Å². The van der Waals surface area contributed by atoms with Gasteiger partial charge >= 0.3 is 0 Å². The summed E-state index contributed by atoms with van der Waals surface area (Å²) >= 11 is 3.63. The maximum atomic E-state index is 12.1. The Hall–Kier alpha value is -1.36. The van der Waals surface area contributed by atoms with Gasteiger partial charge in [-0.1, -0.05) is 0 Å². The molecule has 3 rings (SSSR count). The van der Waals surface area contributed by atoms with E-state index in [9.17, 15) is 4.79 Å². The summed E-state index contributed by atoms with van der Waals surface area (Å²) in [5.41, 5.74) is 4.29. The van der Waals surface area contributed by atoms with Gasteiger partial charge in [0.1, 0.15) is 0 Å². The van der Waals surface area contributed by atoms with Crippen molar-refractivity contribution in [1.29, 1.82) is 0 Å². The number of hydrogen-bond donors (Lipinski definition) is 0. The van der Waals surface area contributed by atoms with E-state index in [0.717, 1.165) is 53.8 Å². The van der Waals surface area contributed by atoms with E-state index in [-0.39, 0.29) is 0 Å². The molecule has 0 saturated heterocycles. The molecule has 0 amide bonds. The first-order valence-corrected chi connectivity index (χ1v) is 8.33. The van der Waals surface area contributed by atoms with E-state index in [0.29, 0.717) is 12.2 Å². The minimum absolute atomic E-state index is 0.292. The van der Waals surface area contributed by atoms with E-state index in [4.69, 9.17) is 0 Å². The summed E-state index contributed by atoms with van der Waals surface area (Å²) in [6.07, 6.45) is 7.97. The van der Waals surface area contributed by atoms with Crippen LogP contribution in [0.4, 0.5) is 0 Å². The summed E-state index contributed by atoms with van der Waals surface area (Å²) in [7, 11) is 0. The zero-order valence-electron chi connectivity index (χ0n) is 12.5. The maximum Gasteiger partial charge on any atom is 0.164 e. The lowest BCUT2D eigenvalue weighted by molar-refractivity contribution is 0.0982. The van der Waals surface area contributed by atoms with E-state index >= 15 is 0 Å². The molecule has 21 heavy (non-hydrogen) atoms. The molecule has 0 N–H and O–H groups in total. The number of aromatic nitrogens is 3. The van der Waals surface area contributed by atoms with Crippen LogP contribution < -0.4 is 0 Å². The topological polar surface area (TPSA) is 39.8 Å². The number of nitrogens with zero attached hydrogens (tertiary/aromatic N) is 3. The third-order valence-electron chi connectivity index (χ3n) is 4.15. The third-order valence-corrected chi connectivity index (χ3v) is 5.18. The van der Waals surface area contributed by atoms with E-state index in [1.165, 1.54) is 5.56 Å². The zero-order valence-corrected chi connectivity index (χ0v) is 14.1. The fourth-order valence-electron chi connectivity index (χ4n) is 3.03. The Kier molecular flexibility index (Phi) is 4.02. The van der Waals surface area contributed by atoms with Crippen molar-refractivity contribution < 1.29 is 4.79 Å². The molecule has 0 aliphatic heterocycles. The molecule has 1 aliphatic rings. The number of fused-ring (bicyclic) bond motifs is 1. The normalized spacial score (nSPS) is 15.1. The minimum Gasteiger partial charge on any atom is -0.347 e. The Morgan fingerprint density at radius 1 is 1.29 bits per heavy atom. The summed E-state index contributed by atoms with van der Waals surface area (Å²) in [6.45, 7) is 5.70. The van der Waals surface area contributed by atoms with Gasteiger partial charge in [0.2, 0.25) is 0 Å². The van der Waals surface area contributed by atoms with Crippen LogP contribution in [0.2, 0.25) is 0 Å². The number of carbonyl (C=O) groups is 1. The Labute approximate surface area is 133 Å². The van der Waals surface area contributed by atoms with Crippen molar-refractivity contribution in [3.05, 3.63) is 39.4 Å². The van der Waals surface area contributed by atoms with E-state index in [1.54, 1.807) is 0 Å². The van der Waals surface area contributed by atoms with Crippen LogP contribution in [-0.2, 0) is 19.5 Å². The predicted molar refractivity (Wildman–Crippen MR) is 85.8 cm³/mol. The van der Waals surface area contributed by atoms with Gasteiger partial charge in [-0.05, 0) is 54.6 Å². The lowest BCUT2D eigenvalue weighted by atomic mass is 10.1. The van der Waals surface area contributed by atoms with Gasteiger partial charge in [0.05, 0.1) is 22.4 Å². The molecule has 0 spiro atoms. The van der Waals surface area contributed by atoms with Crippen molar-refractivity contribution >= 4 is 21.7 Å². The number of Topliss-reactive ketones (excluding diaryl/α,β-unsaturated/α-hetero) is 1. The van der Waals surface area contributed by atoms with Crippen LogP contribution in [0.3, 0.4) is 0 Å². The highest BCUT2D eigenvalue weighted by Crippen LogP contribution is 2.25. The quantitative estimate of drug-likeness (QED) is 0.792. The highest BCUT2D eigenvalue weighted by atomic mass is 79.9. The number of carbonyl (C=O) groups excluding carboxylic acids is 1. The first-order chi connectivity index (χ1) is 10.1. The van der Waals surface area contributed by atoms with Gasteiger partial charge < -0.3 is 4.57 Å². The molecular weight excluding hydrogens is 330 g/mol. The first-order valence-electron chi connectivity index (χ1n) is 7.53. The van der Waals surface area contributed by atoms with Crippen molar-refractivity contribution in [2.24, 2.45) is 0 Å². The zero-order chi connectivity index (χ0) is 15.0. The van der Waals surface area contributed by atoms with Gasteiger partial charge in [0.25, 0.3) is 0 Å². The van der Waals surface area contributed by atoms with Crippen LogP contribution in [0.15, 0.2) is 16.9 Å². The average molecular weight is 350 g/mol. The van der Waals surface area contributed by atoms with Crippen molar-refractivity contribution in [3.63, 3.8) is 0 Å². The van der Waals surface area contributed by atoms with Gasteiger partial charge in [-0.25, -0.2) is 0 Å². The van der Waals surface area contributed by atoms with Crippen LogP contribution in [0.1, 0.15) is 53.5 Å². The molecule has 2 heterocycles. The number of ketones is 1. The lowest BCUT2D eigenvalue weighted by Gasteiger charge is -2.07. The average Bonchev–Trinajstić information content (AvgIpc) is 2.94. The molecule has 0 unspecified atom stereocenters. The van der Waals surface area contributed by atoms with Crippen molar-refractivity contribution in [2.75, 3.05) is 0 Å². The molecular formula is C16H20BrN3O. The molecule has 112 valence electrons. The number of aryl methyl sites for hydroxylation is 3. The fraction of sp³-hybridized carbons (Fsp3) is 0.500. The second-order valence-corrected chi connectivity index (χ2v) is 6.45. The maximum absolute atomic E-state index is 12.1. The summed E-state index contributed by atoms with van der Waals surface area (Å²) in [6, 6.07) is 0. The standard InChI is InChI=1S/C16H20BrN3O/c1-3-20-14(16(17)11(2)18-20)10-19-8-12-6-4-5-7-15(21)13(12)9-19/h8-9H,3-7,10H2,1-2H3. The third kappa shape index (κ3) is 2.71. The van der Waals surface area contributed by atoms with Crippen LogP contribution >= 0.6 is 15.9 Å². The lowest BCUT2D eigenvalue weighted by Crippen LogP contribution is -2.07. The molecule has 0 atom stereocenters.